The Morgan fingerprint density at radius 2 is 1.94 bits per heavy atom. The van der Waals surface area contributed by atoms with Crippen molar-refractivity contribution in [1.29, 1.82) is 0 Å². The first kappa shape index (κ1) is 14.9. The third-order valence-electron chi connectivity index (χ3n) is 2.81. The summed E-state index contributed by atoms with van der Waals surface area (Å²) in [6, 6.07) is 1.95. The molecule has 0 spiro atoms. The van der Waals surface area contributed by atoms with E-state index < -0.39 is 0 Å². The Morgan fingerprint density at radius 1 is 1.28 bits per heavy atom. The van der Waals surface area contributed by atoms with Gasteiger partial charge in [-0.3, -0.25) is 4.57 Å². The van der Waals surface area contributed by atoms with Gasteiger partial charge in [-0.05, 0) is 60.1 Å². The van der Waals surface area contributed by atoms with Gasteiger partial charge in [0.25, 0.3) is 0 Å². The van der Waals surface area contributed by atoms with Crippen LogP contribution in [0.3, 0.4) is 0 Å². The summed E-state index contributed by atoms with van der Waals surface area (Å²) in [4.78, 5) is 15.7. The van der Waals surface area contributed by atoms with E-state index in [0.29, 0.717) is 0 Å². The average molecular weight is 251 g/mol. The van der Waals surface area contributed by atoms with Crippen LogP contribution >= 0.6 is 0 Å². The molecular formula is C14H25N3O. The molecule has 0 aromatic carbocycles. The Hall–Kier alpha value is -1.16. The molecule has 1 rings (SSSR count). The van der Waals surface area contributed by atoms with Crippen molar-refractivity contribution in [2.45, 2.75) is 59.5 Å². The smallest absolute Gasteiger partial charge is 0.312 e. The van der Waals surface area contributed by atoms with Gasteiger partial charge >= 0.3 is 5.69 Å². The minimum absolute atomic E-state index is 0.128. The summed E-state index contributed by atoms with van der Waals surface area (Å²) in [6.45, 7) is 12.0. The van der Waals surface area contributed by atoms with E-state index in [1.54, 1.807) is 4.57 Å². The molecule has 0 amide bonds. The van der Waals surface area contributed by atoms with Gasteiger partial charge in [0.2, 0.25) is 0 Å². The van der Waals surface area contributed by atoms with Gasteiger partial charge in [0.1, 0.15) is 0 Å². The molecule has 0 atom stereocenters. The van der Waals surface area contributed by atoms with Gasteiger partial charge in [0.05, 0.1) is 0 Å². The molecule has 0 saturated carbocycles. The molecule has 102 valence electrons. The van der Waals surface area contributed by atoms with Crippen molar-refractivity contribution in [3.8, 4) is 0 Å². The van der Waals surface area contributed by atoms with Crippen LogP contribution in [0.4, 0.5) is 0 Å². The van der Waals surface area contributed by atoms with Crippen molar-refractivity contribution < 1.29 is 0 Å². The molecule has 0 saturated heterocycles. The number of rotatable bonds is 5. The minimum Gasteiger partial charge on any atom is -0.312 e. The van der Waals surface area contributed by atoms with Crippen LogP contribution in [-0.4, -0.2) is 21.6 Å². The van der Waals surface area contributed by atoms with Crippen LogP contribution in [0, 0.1) is 13.8 Å². The van der Waals surface area contributed by atoms with E-state index in [0.717, 1.165) is 37.3 Å². The van der Waals surface area contributed by atoms with Crippen molar-refractivity contribution in [3.05, 3.63) is 27.9 Å². The van der Waals surface area contributed by atoms with Gasteiger partial charge in [-0.2, -0.15) is 4.98 Å². The second kappa shape index (κ2) is 6.14. The highest BCUT2D eigenvalue weighted by atomic mass is 16.1. The Morgan fingerprint density at radius 3 is 2.50 bits per heavy atom. The van der Waals surface area contributed by atoms with Gasteiger partial charge in [-0.25, -0.2) is 4.79 Å². The Kier molecular flexibility index (Phi) is 5.08. The fourth-order valence-electron chi connectivity index (χ4n) is 1.90. The lowest BCUT2D eigenvalue weighted by atomic mass is 10.1. The molecule has 0 fully saturated rings. The number of aryl methyl sites for hydroxylation is 2. The monoisotopic (exact) mass is 251 g/mol. The van der Waals surface area contributed by atoms with Crippen LogP contribution in [-0.2, 0) is 6.54 Å². The van der Waals surface area contributed by atoms with Gasteiger partial charge in [0.15, 0.2) is 0 Å². The summed E-state index contributed by atoms with van der Waals surface area (Å²) in [5.74, 6) is 0. The SMILES string of the molecule is Cc1cc(C)n(CCCCNC(C)(C)C)c(=O)n1. The quantitative estimate of drug-likeness (QED) is 0.815. The molecule has 0 radical (unpaired) electrons. The molecular weight excluding hydrogens is 226 g/mol. The maximum atomic E-state index is 11.7. The predicted molar refractivity (Wildman–Crippen MR) is 75.0 cm³/mol. The molecule has 4 heteroatoms. The lowest BCUT2D eigenvalue weighted by Crippen LogP contribution is -2.36. The maximum absolute atomic E-state index is 11.7. The summed E-state index contributed by atoms with van der Waals surface area (Å²) in [7, 11) is 0. The van der Waals surface area contributed by atoms with Crippen molar-refractivity contribution in [2.24, 2.45) is 0 Å². The number of hydrogen-bond acceptors (Lipinski definition) is 3. The van der Waals surface area contributed by atoms with Gasteiger partial charge in [-0.1, -0.05) is 0 Å². The van der Waals surface area contributed by atoms with Crippen LogP contribution < -0.4 is 11.0 Å². The molecule has 1 aromatic rings. The highest BCUT2D eigenvalue weighted by Crippen LogP contribution is 2.02. The van der Waals surface area contributed by atoms with Crippen molar-refractivity contribution >= 4 is 0 Å². The largest absolute Gasteiger partial charge is 0.347 e. The van der Waals surface area contributed by atoms with E-state index in [9.17, 15) is 4.79 Å². The minimum atomic E-state index is -0.128. The summed E-state index contributed by atoms with van der Waals surface area (Å²) in [6.07, 6.45) is 2.06. The zero-order valence-electron chi connectivity index (χ0n) is 12.2. The second-order valence-corrected chi connectivity index (χ2v) is 5.86. The Balaban J connectivity index is 2.43. The van der Waals surface area contributed by atoms with Crippen LogP contribution in [0.2, 0.25) is 0 Å². The van der Waals surface area contributed by atoms with Gasteiger partial charge in [0, 0.05) is 23.5 Å². The molecule has 0 unspecified atom stereocenters. The fraction of sp³-hybridized carbons (Fsp3) is 0.714. The van der Waals surface area contributed by atoms with Gasteiger partial charge < -0.3 is 5.32 Å². The lowest BCUT2D eigenvalue weighted by Gasteiger charge is -2.20. The first-order chi connectivity index (χ1) is 8.29. The van der Waals surface area contributed by atoms with E-state index in [2.05, 4.69) is 31.1 Å². The fourth-order valence-corrected chi connectivity index (χ4v) is 1.90. The van der Waals surface area contributed by atoms with E-state index >= 15 is 0 Å². The highest BCUT2D eigenvalue weighted by molar-refractivity contribution is 5.06. The third-order valence-corrected chi connectivity index (χ3v) is 2.81. The lowest BCUT2D eigenvalue weighted by molar-refractivity contribution is 0.412. The Labute approximate surface area is 109 Å². The van der Waals surface area contributed by atoms with E-state index in [1.807, 2.05) is 19.9 Å². The summed E-state index contributed by atoms with van der Waals surface area (Å²) in [5, 5.41) is 3.44. The van der Waals surface area contributed by atoms with Crippen molar-refractivity contribution in [1.82, 2.24) is 14.9 Å². The highest BCUT2D eigenvalue weighted by Gasteiger charge is 2.07. The van der Waals surface area contributed by atoms with Gasteiger partial charge in [-0.15, -0.1) is 0 Å². The van der Waals surface area contributed by atoms with Crippen molar-refractivity contribution in [3.63, 3.8) is 0 Å². The molecule has 4 nitrogen and oxygen atoms in total. The zero-order valence-corrected chi connectivity index (χ0v) is 12.2. The summed E-state index contributed by atoms with van der Waals surface area (Å²) < 4.78 is 1.75. The molecule has 0 aliphatic rings. The number of aromatic nitrogens is 2. The summed E-state index contributed by atoms with van der Waals surface area (Å²) in [5.41, 5.74) is 1.83. The molecule has 1 aromatic heterocycles. The van der Waals surface area contributed by atoms with E-state index in [4.69, 9.17) is 0 Å². The maximum Gasteiger partial charge on any atom is 0.347 e. The molecule has 1 heterocycles. The third kappa shape index (κ3) is 5.00. The van der Waals surface area contributed by atoms with E-state index in [1.165, 1.54) is 0 Å². The number of nitrogens with one attached hydrogen (secondary N) is 1. The van der Waals surface area contributed by atoms with Crippen LogP contribution in [0.15, 0.2) is 10.9 Å². The van der Waals surface area contributed by atoms with Crippen molar-refractivity contribution in [2.75, 3.05) is 6.54 Å². The number of hydrogen-bond donors (Lipinski definition) is 1. The first-order valence-electron chi connectivity index (χ1n) is 6.60. The predicted octanol–water partition coefficient (Wildman–Crippen LogP) is 2.03. The second-order valence-electron chi connectivity index (χ2n) is 5.86. The topological polar surface area (TPSA) is 46.9 Å². The average Bonchev–Trinajstić information content (AvgIpc) is 2.19. The van der Waals surface area contributed by atoms with Crippen LogP contribution in [0.25, 0.3) is 0 Å². The van der Waals surface area contributed by atoms with Crippen LogP contribution in [0.5, 0.6) is 0 Å². The summed E-state index contributed by atoms with van der Waals surface area (Å²) >= 11 is 0. The normalized spacial score (nSPS) is 11.8. The molecule has 0 bridgehead atoms. The molecule has 0 aliphatic carbocycles. The number of unbranched alkanes of at least 4 members (excludes halogenated alkanes) is 1. The standard InChI is InChI=1S/C14H25N3O/c1-11-10-12(2)17(13(18)16-11)9-7-6-8-15-14(3,4)5/h10,15H,6-9H2,1-5H3. The van der Waals surface area contributed by atoms with E-state index in [-0.39, 0.29) is 11.2 Å². The molecule has 18 heavy (non-hydrogen) atoms. The first-order valence-corrected chi connectivity index (χ1v) is 6.60. The van der Waals surface area contributed by atoms with Crippen LogP contribution in [0.1, 0.15) is 45.0 Å². The molecule has 1 N–H and O–H groups in total. The number of nitrogens with zero attached hydrogens (tertiary/aromatic N) is 2. The molecule has 0 aliphatic heterocycles. The Bertz CT molecular complexity index is 443. The zero-order chi connectivity index (χ0) is 13.8.